The molecule has 7 heteroatoms. The standard InChI is InChI=1S/C28H32N2O5/c1-16(10-13-24(31)32)29-27(33)25-17-11-12-18(14-17)26(25)30-28(34)35-15-23-21-8-4-2-6-19(21)20-7-3-5-9-22(20)23/h2-9,16-18,23,25-26H,10-15H2,1H3,(H,29,33)(H,30,34)(H,31,32). The van der Waals surface area contributed by atoms with Crippen LogP contribution in [0.15, 0.2) is 48.5 Å². The first-order valence-corrected chi connectivity index (χ1v) is 12.6. The van der Waals surface area contributed by atoms with Crippen molar-refractivity contribution in [3.8, 4) is 11.1 Å². The Morgan fingerprint density at radius 2 is 1.63 bits per heavy atom. The Balaban J connectivity index is 1.22. The predicted octanol–water partition coefficient (Wildman–Crippen LogP) is 4.31. The van der Waals surface area contributed by atoms with Crippen LogP contribution >= 0.6 is 0 Å². The number of carboxylic acids is 1. The number of hydrogen-bond donors (Lipinski definition) is 3. The van der Waals surface area contributed by atoms with Gasteiger partial charge < -0.3 is 20.5 Å². The van der Waals surface area contributed by atoms with Gasteiger partial charge in [-0.1, -0.05) is 48.5 Å². The second-order valence-corrected chi connectivity index (χ2v) is 10.2. The maximum Gasteiger partial charge on any atom is 0.407 e. The van der Waals surface area contributed by atoms with Crippen molar-refractivity contribution in [2.75, 3.05) is 6.61 Å². The predicted molar refractivity (Wildman–Crippen MR) is 131 cm³/mol. The van der Waals surface area contributed by atoms with Crippen molar-refractivity contribution in [2.24, 2.45) is 17.8 Å². The van der Waals surface area contributed by atoms with Gasteiger partial charge in [0.15, 0.2) is 0 Å². The minimum absolute atomic E-state index is 0.0117. The summed E-state index contributed by atoms with van der Waals surface area (Å²) in [6.07, 6.45) is 2.81. The largest absolute Gasteiger partial charge is 0.481 e. The number of carbonyl (C=O) groups excluding carboxylic acids is 2. The van der Waals surface area contributed by atoms with Crippen LogP contribution in [-0.2, 0) is 14.3 Å². The second-order valence-electron chi connectivity index (χ2n) is 10.2. The Kier molecular flexibility index (Phi) is 6.50. The molecule has 5 atom stereocenters. The van der Waals surface area contributed by atoms with Crippen LogP contribution in [0.2, 0.25) is 0 Å². The van der Waals surface area contributed by atoms with E-state index in [1.54, 1.807) is 0 Å². The van der Waals surface area contributed by atoms with Gasteiger partial charge in [0.25, 0.3) is 0 Å². The lowest BCUT2D eigenvalue weighted by Gasteiger charge is -2.31. The van der Waals surface area contributed by atoms with Gasteiger partial charge in [-0.15, -0.1) is 0 Å². The van der Waals surface area contributed by atoms with Crippen LogP contribution in [-0.4, -0.2) is 41.8 Å². The summed E-state index contributed by atoms with van der Waals surface area (Å²) >= 11 is 0. The molecule has 0 saturated heterocycles. The van der Waals surface area contributed by atoms with Crippen LogP contribution in [0.5, 0.6) is 0 Å². The number of nitrogens with one attached hydrogen (secondary N) is 2. The van der Waals surface area contributed by atoms with Crippen molar-refractivity contribution in [3.63, 3.8) is 0 Å². The zero-order valence-corrected chi connectivity index (χ0v) is 19.9. The van der Waals surface area contributed by atoms with E-state index in [1.165, 1.54) is 11.1 Å². The molecule has 0 radical (unpaired) electrons. The lowest BCUT2D eigenvalue weighted by Crippen LogP contribution is -2.51. The highest BCUT2D eigenvalue weighted by Gasteiger charge is 2.51. The van der Waals surface area contributed by atoms with Crippen LogP contribution in [0.4, 0.5) is 4.79 Å². The third kappa shape index (κ3) is 4.64. The van der Waals surface area contributed by atoms with Crippen molar-refractivity contribution in [3.05, 3.63) is 59.7 Å². The van der Waals surface area contributed by atoms with Gasteiger partial charge in [0.05, 0.1) is 5.92 Å². The number of rotatable bonds is 8. The minimum Gasteiger partial charge on any atom is -0.481 e. The van der Waals surface area contributed by atoms with E-state index in [-0.39, 0.29) is 54.7 Å². The van der Waals surface area contributed by atoms with E-state index in [4.69, 9.17) is 9.84 Å². The quantitative estimate of drug-likeness (QED) is 0.527. The molecule has 2 bridgehead atoms. The lowest BCUT2D eigenvalue weighted by atomic mass is 9.83. The third-order valence-electron chi connectivity index (χ3n) is 8.03. The van der Waals surface area contributed by atoms with Gasteiger partial charge in [-0.05, 0) is 66.7 Å². The number of carbonyl (C=O) groups is 3. The molecular weight excluding hydrogens is 444 g/mol. The fourth-order valence-corrected chi connectivity index (χ4v) is 6.40. The fraction of sp³-hybridized carbons (Fsp3) is 0.464. The van der Waals surface area contributed by atoms with Crippen molar-refractivity contribution in [2.45, 2.75) is 57.0 Å². The molecule has 2 saturated carbocycles. The molecular formula is C28H32N2O5. The van der Waals surface area contributed by atoms with Crippen molar-refractivity contribution >= 4 is 18.0 Å². The van der Waals surface area contributed by atoms with E-state index < -0.39 is 12.1 Å². The number of ether oxygens (including phenoxy) is 1. The summed E-state index contributed by atoms with van der Waals surface area (Å²) in [5.41, 5.74) is 4.68. The van der Waals surface area contributed by atoms with Gasteiger partial charge in [-0.2, -0.15) is 0 Å². The third-order valence-corrected chi connectivity index (χ3v) is 8.03. The SMILES string of the molecule is CC(CCC(=O)O)NC(=O)C1C2CCC(C2)C1NC(=O)OCC1c2ccccc2-c2ccccc21. The van der Waals surface area contributed by atoms with Gasteiger partial charge in [0.2, 0.25) is 5.91 Å². The summed E-state index contributed by atoms with van der Waals surface area (Å²) < 4.78 is 5.74. The number of carboxylic acid groups (broad SMARTS) is 1. The Morgan fingerprint density at radius 1 is 1.00 bits per heavy atom. The molecule has 0 spiro atoms. The van der Waals surface area contributed by atoms with Gasteiger partial charge in [0.1, 0.15) is 6.61 Å². The molecule has 5 rings (SSSR count). The molecule has 2 fully saturated rings. The molecule has 3 aliphatic carbocycles. The number of hydrogen-bond acceptors (Lipinski definition) is 4. The van der Waals surface area contributed by atoms with E-state index >= 15 is 0 Å². The molecule has 184 valence electrons. The van der Waals surface area contributed by atoms with Gasteiger partial charge >= 0.3 is 12.1 Å². The first kappa shape index (κ1) is 23.4. The Hall–Kier alpha value is -3.35. The molecule has 2 amide bonds. The van der Waals surface area contributed by atoms with E-state index in [0.29, 0.717) is 6.42 Å². The molecule has 5 unspecified atom stereocenters. The second kappa shape index (κ2) is 9.72. The highest BCUT2D eigenvalue weighted by molar-refractivity contribution is 5.82. The zero-order chi connectivity index (χ0) is 24.5. The van der Waals surface area contributed by atoms with Gasteiger partial charge in [0, 0.05) is 24.4 Å². The number of fused-ring (bicyclic) bond motifs is 5. The molecule has 0 aromatic heterocycles. The summed E-state index contributed by atoms with van der Waals surface area (Å²) in [7, 11) is 0. The Morgan fingerprint density at radius 3 is 2.29 bits per heavy atom. The van der Waals surface area contributed by atoms with E-state index in [1.807, 2.05) is 31.2 Å². The summed E-state index contributed by atoms with van der Waals surface area (Å²) in [5.74, 6) is -0.778. The summed E-state index contributed by atoms with van der Waals surface area (Å²) in [6.45, 7) is 2.06. The molecule has 0 aliphatic heterocycles. The zero-order valence-electron chi connectivity index (χ0n) is 19.9. The van der Waals surface area contributed by atoms with Crippen LogP contribution in [0.25, 0.3) is 11.1 Å². The molecule has 3 aliphatic rings. The topological polar surface area (TPSA) is 105 Å². The smallest absolute Gasteiger partial charge is 0.407 e. The first-order chi connectivity index (χ1) is 16.9. The van der Waals surface area contributed by atoms with E-state index in [9.17, 15) is 14.4 Å². The van der Waals surface area contributed by atoms with Crippen LogP contribution in [0.1, 0.15) is 56.1 Å². The first-order valence-electron chi connectivity index (χ1n) is 12.6. The molecule has 2 aromatic carbocycles. The Bertz CT molecular complexity index is 1090. The summed E-state index contributed by atoms with van der Waals surface area (Å²) in [6, 6.07) is 16.0. The number of benzene rings is 2. The number of alkyl carbamates (subject to hydrolysis) is 1. The maximum atomic E-state index is 13.1. The number of aliphatic carboxylic acids is 1. The Labute approximate surface area is 205 Å². The van der Waals surface area contributed by atoms with Crippen molar-refractivity contribution in [1.29, 1.82) is 0 Å². The normalized spacial score (nSPS) is 24.9. The lowest BCUT2D eigenvalue weighted by molar-refractivity contribution is -0.137. The van der Waals surface area contributed by atoms with E-state index in [0.717, 1.165) is 30.4 Å². The highest BCUT2D eigenvalue weighted by Crippen LogP contribution is 2.49. The van der Waals surface area contributed by atoms with Crippen LogP contribution < -0.4 is 10.6 Å². The highest BCUT2D eigenvalue weighted by atomic mass is 16.5. The van der Waals surface area contributed by atoms with Gasteiger partial charge in [-0.25, -0.2) is 4.79 Å². The van der Waals surface area contributed by atoms with Crippen molar-refractivity contribution in [1.82, 2.24) is 10.6 Å². The van der Waals surface area contributed by atoms with Gasteiger partial charge in [-0.3, -0.25) is 9.59 Å². The van der Waals surface area contributed by atoms with Crippen molar-refractivity contribution < 1.29 is 24.2 Å². The fourth-order valence-electron chi connectivity index (χ4n) is 6.40. The van der Waals surface area contributed by atoms with Crippen LogP contribution in [0, 0.1) is 17.8 Å². The molecule has 7 nitrogen and oxygen atoms in total. The van der Waals surface area contributed by atoms with Crippen LogP contribution in [0.3, 0.4) is 0 Å². The molecule has 0 heterocycles. The maximum absolute atomic E-state index is 13.1. The number of amides is 2. The molecule has 35 heavy (non-hydrogen) atoms. The minimum atomic E-state index is -0.874. The average Bonchev–Trinajstić information content (AvgIpc) is 3.53. The van der Waals surface area contributed by atoms with E-state index in [2.05, 4.69) is 34.9 Å². The monoisotopic (exact) mass is 476 g/mol. The molecule has 3 N–H and O–H groups in total. The molecule has 2 aromatic rings. The summed E-state index contributed by atoms with van der Waals surface area (Å²) in [5, 5.41) is 14.9. The average molecular weight is 477 g/mol. The summed E-state index contributed by atoms with van der Waals surface area (Å²) in [4.78, 5) is 36.8.